The molecule has 2 rings (SSSR count). The molecule has 0 radical (unpaired) electrons. The molecule has 7 heteroatoms. The molecule has 0 spiro atoms. The number of hydrogen-bond donors (Lipinski definition) is 1. The van der Waals surface area contributed by atoms with Crippen LogP contribution in [0.25, 0.3) is 6.08 Å². The van der Waals surface area contributed by atoms with Crippen molar-refractivity contribution in [3.63, 3.8) is 0 Å². The Hall–Kier alpha value is -0.893. The summed E-state index contributed by atoms with van der Waals surface area (Å²) in [5.41, 5.74) is 7.29. The molecule has 0 amide bonds. The topological polar surface area (TPSA) is 57.0 Å². The number of ether oxygens (including phenoxy) is 1. The second-order valence-corrected chi connectivity index (χ2v) is 11.3. The van der Waals surface area contributed by atoms with Crippen LogP contribution in [0, 0.1) is 0 Å². The number of halogens is 1. The summed E-state index contributed by atoms with van der Waals surface area (Å²) in [4.78, 5) is 2.39. The van der Waals surface area contributed by atoms with Gasteiger partial charge in [0.05, 0.1) is 6.04 Å². The number of nitrogens with zero attached hydrogens (tertiary/aromatic N) is 1. The first kappa shape index (κ1) is 26.1. The Morgan fingerprint density at radius 3 is 2.41 bits per heavy atom. The van der Waals surface area contributed by atoms with Gasteiger partial charge >= 0.3 is 8.56 Å². The van der Waals surface area contributed by atoms with E-state index >= 15 is 0 Å². The van der Waals surface area contributed by atoms with Crippen LogP contribution in [0.15, 0.2) is 36.5 Å². The van der Waals surface area contributed by atoms with E-state index < -0.39 is 13.8 Å². The van der Waals surface area contributed by atoms with Crippen molar-refractivity contribution >= 4 is 27.0 Å². The maximum absolute atomic E-state index is 6.35. The Kier molecular flexibility index (Phi) is 10.9. The summed E-state index contributed by atoms with van der Waals surface area (Å²) in [6.07, 6.45) is 8.39. The van der Waals surface area contributed by atoms with Crippen molar-refractivity contribution in [2.75, 3.05) is 27.9 Å². The quantitative estimate of drug-likeness (QED) is 0.546. The highest BCUT2D eigenvalue weighted by Gasteiger charge is 2.64. The third kappa shape index (κ3) is 5.24. The lowest BCUT2D eigenvalue weighted by Gasteiger charge is -2.56. The van der Waals surface area contributed by atoms with Gasteiger partial charge in [0.2, 0.25) is 0 Å². The Morgan fingerprint density at radius 1 is 1.24 bits per heavy atom. The van der Waals surface area contributed by atoms with Crippen LogP contribution in [0.2, 0.25) is 6.04 Å². The first-order chi connectivity index (χ1) is 13.5. The molecule has 2 N–H and O–H groups in total. The summed E-state index contributed by atoms with van der Waals surface area (Å²) in [5.74, 6) is 0. The second kappa shape index (κ2) is 12.1. The van der Waals surface area contributed by atoms with Gasteiger partial charge in [-0.05, 0) is 43.9 Å². The lowest BCUT2D eigenvalue weighted by molar-refractivity contribution is -0.0692. The Bertz CT molecular complexity index is 615. The van der Waals surface area contributed by atoms with Gasteiger partial charge in [-0.25, -0.2) is 0 Å². The maximum Gasteiger partial charge on any atom is 0.372 e. The number of benzene rings is 1. The molecule has 0 aliphatic carbocycles. The molecule has 1 saturated heterocycles. The molecule has 1 aliphatic heterocycles. The monoisotopic (exact) mass is 442 g/mol. The van der Waals surface area contributed by atoms with Gasteiger partial charge in [0, 0.05) is 40.1 Å². The van der Waals surface area contributed by atoms with Crippen molar-refractivity contribution in [3.05, 3.63) is 42.1 Å². The molecule has 5 nitrogen and oxygen atoms in total. The summed E-state index contributed by atoms with van der Waals surface area (Å²) in [5, 5.41) is -0.437. The number of hydrogen-bond acceptors (Lipinski definition) is 5. The van der Waals surface area contributed by atoms with E-state index in [0.29, 0.717) is 6.54 Å². The van der Waals surface area contributed by atoms with Crippen molar-refractivity contribution in [1.82, 2.24) is 4.90 Å². The minimum absolute atomic E-state index is 0. The first-order valence-electron chi connectivity index (χ1n) is 10.4. The van der Waals surface area contributed by atoms with E-state index in [1.165, 1.54) is 5.56 Å². The number of rotatable bonds is 10. The highest BCUT2D eigenvalue weighted by atomic mass is 35.5. The Morgan fingerprint density at radius 2 is 1.90 bits per heavy atom. The summed E-state index contributed by atoms with van der Waals surface area (Å²) in [6.45, 7) is 4.96. The molecule has 1 aromatic rings. The van der Waals surface area contributed by atoms with Crippen LogP contribution >= 0.6 is 12.4 Å². The predicted molar refractivity (Wildman–Crippen MR) is 125 cm³/mol. The molecule has 0 aromatic heterocycles. The van der Waals surface area contributed by atoms with Gasteiger partial charge in [0.1, 0.15) is 5.22 Å². The molecular formula is C22H39ClN2O3Si. The highest BCUT2D eigenvalue weighted by Crippen LogP contribution is 2.45. The Labute approximate surface area is 184 Å². The molecule has 1 aliphatic rings. The fourth-order valence-corrected chi connectivity index (χ4v) is 8.89. The zero-order valence-corrected chi connectivity index (χ0v) is 20.4. The van der Waals surface area contributed by atoms with Gasteiger partial charge in [-0.3, -0.25) is 0 Å². The second-order valence-electron chi connectivity index (χ2n) is 7.67. The minimum Gasteiger partial charge on any atom is -0.396 e. The highest BCUT2D eigenvalue weighted by molar-refractivity contribution is 6.71. The molecule has 166 valence electrons. The third-order valence-electron chi connectivity index (χ3n) is 6.26. The van der Waals surface area contributed by atoms with Crippen LogP contribution in [0.3, 0.4) is 0 Å². The molecule has 1 aromatic carbocycles. The van der Waals surface area contributed by atoms with Gasteiger partial charge in [-0.2, -0.15) is 0 Å². The SMILES string of the molecule is CCCC1(OC)C(N(C=Cc2ccccc2)C(C)CN)CCC[Si]1(OC)OC.Cl. The van der Waals surface area contributed by atoms with Crippen LogP contribution in [0.5, 0.6) is 0 Å². The number of nitrogens with two attached hydrogens (primary N) is 1. The normalized spacial score (nSPS) is 24.8. The standard InChI is InChI=1S/C22H38N2O3Si.ClH/c1-6-15-22(25-3)21(13-10-17-28(22,26-4)27-5)24(19(2)18-23)16-14-20-11-8-7-9-12-20;/h7-9,11-12,14,16,19,21H,6,10,13,15,17-18,23H2,1-5H3;1H. The molecule has 1 heterocycles. The summed E-state index contributed by atoms with van der Waals surface area (Å²) in [7, 11) is 2.84. The van der Waals surface area contributed by atoms with Gasteiger partial charge in [0.15, 0.2) is 0 Å². The lowest BCUT2D eigenvalue weighted by atomic mass is 9.96. The van der Waals surface area contributed by atoms with E-state index in [9.17, 15) is 0 Å². The smallest absolute Gasteiger partial charge is 0.372 e. The van der Waals surface area contributed by atoms with Gasteiger partial charge in [0.25, 0.3) is 0 Å². The zero-order valence-electron chi connectivity index (χ0n) is 18.6. The van der Waals surface area contributed by atoms with Crippen LogP contribution in [0.1, 0.15) is 45.1 Å². The summed E-state index contributed by atoms with van der Waals surface area (Å²) in [6, 6.07) is 11.7. The van der Waals surface area contributed by atoms with Gasteiger partial charge in [-0.15, -0.1) is 12.4 Å². The third-order valence-corrected chi connectivity index (χ3v) is 10.7. The average molecular weight is 443 g/mol. The van der Waals surface area contributed by atoms with E-state index in [1.54, 1.807) is 14.2 Å². The predicted octanol–water partition coefficient (Wildman–Crippen LogP) is 4.35. The average Bonchev–Trinajstić information content (AvgIpc) is 2.75. The fraction of sp³-hybridized carbons (Fsp3) is 0.636. The van der Waals surface area contributed by atoms with Crippen molar-refractivity contribution < 1.29 is 13.6 Å². The van der Waals surface area contributed by atoms with Crippen LogP contribution in [0.4, 0.5) is 0 Å². The van der Waals surface area contributed by atoms with Crippen LogP contribution < -0.4 is 5.73 Å². The first-order valence-corrected chi connectivity index (χ1v) is 12.4. The van der Waals surface area contributed by atoms with E-state index in [0.717, 1.165) is 31.7 Å². The van der Waals surface area contributed by atoms with Crippen LogP contribution in [-0.2, 0) is 13.6 Å². The van der Waals surface area contributed by atoms with Gasteiger partial charge < -0.3 is 24.2 Å². The Balaban J connectivity index is 0.00000420. The molecule has 29 heavy (non-hydrogen) atoms. The zero-order chi connectivity index (χ0) is 20.6. The molecular weight excluding hydrogens is 404 g/mol. The van der Waals surface area contributed by atoms with E-state index in [4.69, 9.17) is 19.3 Å². The largest absolute Gasteiger partial charge is 0.396 e. The van der Waals surface area contributed by atoms with Crippen molar-refractivity contribution in [1.29, 1.82) is 0 Å². The van der Waals surface area contributed by atoms with Crippen LogP contribution in [-0.4, -0.2) is 58.6 Å². The molecule has 1 fully saturated rings. The molecule has 3 atom stereocenters. The fourth-order valence-electron chi connectivity index (χ4n) is 4.79. The van der Waals surface area contributed by atoms with Crippen molar-refractivity contribution in [2.45, 2.75) is 62.9 Å². The van der Waals surface area contributed by atoms with Gasteiger partial charge in [-0.1, -0.05) is 43.7 Å². The lowest BCUT2D eigenvalue weighted by Crippen LogP contribution is -2.73. The maximum atomic E-state index is 6.35. The van der Waals surface area contributed by atoms with Crippen molar-refractivity contribution in [2.24, 2.45) is 5.73 Å². The van der Waals surface area contributed by atoms with E-state index in [-0.39, 0.29) is 24.5 Å². The molecule has 0 saturated carbocycles. The van der Waals surface area contributed by atoms with E-state index in [1.807, 2.05) is 13.2 Å². The summed E-state index contributed by atoms with van der Waals surface area (Å²) < 4.78 is 18.7. The number of methoxy groups -OCH3 is 1. The van der Waals surface area contributed by atoms with Crippen molar-refractivity contribution in [3.8, 4) is 0 Å². The van der Waals surface area contributed by atoms with E-state index in [2.05, 4.69) is 55.3 Å². The summed E-state index contributed by atoms with van der Waals surface area (Å²) >= 11 is 0. The molecule has 0 bridgehead atoms. The molecule has 3 unspecified atom stereocenters. The minimum atomic E-state index is -2.56.